The Kier molecular flexibility index (Phi) is 9.46. The van der Waals surface area contributed by atoms with Gasteiger partial charge >= 0.3 is 0 Å². The van der Waals surface area contributed by atoms with Crippen LogP contribution in [-0.4, -0.2) is 36.3 Å². The molecule has 253 valence electrons. The van der Waals surface area contributed by atoms with Crippen molar-refractivity contribution in [2.75, 3.05) is 13.1 Å². The summed E-state index contributed by atoms with van der Waals surface area (Å²) in [5.74, 6) is 3.99. The van der Waals surface area contributed by atoms with Gasteiger partial charge in [-0.2, -0.15) is 11.6 Å². The molecule has 45 heavy (non-hydrogen) atoms. The van der Waals surface area contributed by atoms with Crippen LogP contribution < -0.4 is 0 Å². The zero-order chi connectivity index (χ0) is 35.5. The van der Waals surface area contributed by atoms with E-state index in [-0.39, 0.29) is 55.1 Å². The third kappa shape index (κ3) is 7.87. The quantitative estimate of drug-likeness (QED) is 0.267. The first-order valence-electron chi connectivity index (χ1n) is 19.8. The number of thioether (sulfide) groups is 1. The summed E-state index contributed by atoms with van der Waals surface area (Å²) in [6.45, 7) is 14.5. The minimum Gasteiger partial charge on any atom is -0.769 e. The molecular formula is C39H57IrN3OS-4. The van der Waals surface area contributed by atoms with Gasteiger partial charge in [0.15, 0.2) is 6.23 Å². The van der Waals surface area contributed by atoms with Crippen LogP contribution in [0.4, 0.5) is 0 Å². The van der Waals surface area contributed by atoms with Crippen LogP contribution in [0, 0.1) is 59.3 Å². The smallest absolute Gasteiger partial charge is 0.171 e. The van der Waals surface area contributed by atoms with E-state index < -0.39 is 24.9 Å². The first kappa shape index (κ1) is 29.0. The van der Waals surface area contributed by atoms with Crippen LogP contribution in [0.1, 0.15) is 113 Å². The van der Waals surface area contributed by atoms with Crippen molar-refractivity contribution in [1.82, 2.24) is 0 Å². The van der Waals surface area contributed by atoms with Gasteiger partial charge < -0.3 is 21.1 Å². The van der Waals surface area contributed by atoms with Gasteiger partial charge in [-0.05, 0) is 65.8 Å². The maximum atomic E-state index is 8.95. The molecule has 7 rings (SSSR count). The predicted molar refractivity (Wildman–Crippen MR) is 187 cm³/mol. The van der Waals surface area contributed by atoms with Crippen LogP contribution in [0.2, 0.25) is 0 Å². The van der Waals surface area contributed by atoms with E-state index in [4.69, 9.17) is 16.9 Å². The third-order valence-corrected chi connectivity index (χ3v) is 12.3. The number of rotatable bonds is 3. The van der Waals surface area contributed by atoms with E-state index in [2.05, 4.69) is 62.7 Å². The van der Waals surface area contributed by atoms with E-state index >= 15 is 0 Å². The molecule has 0 N–H and O–H groups in total. The molecule has 2 saturated heterocycles. The Labute approximate surface area is 300 Å². The second-order valence-electron chi connectivity index (χ2n) is 15.5. The standard InChI is InChI=1S/C25H36N2OS.C14H21N.Ir/c1-14-9-10-17-16-7-6-8-18(23(16)28-24(17)27-14)22-21-15(2)20(13-25(3,4)5)29-19(21)11-12-26-22;1-10-4-6-13(7-5-10)14-8-11(2)12(3)9-15-14;/h8,11,15-17,20-22,24H,6-7,9-10,12-13H2,1-5H3;8,10-12H,4-6,9H2,1-3H3;/q2*-2;/t15-,16?,17?,20+,21?,22-,24-;10-,11+,12-;/m01./s1/i1D3,13D2;;. The Hall–Kier alpha value is -0.941. The second-order valence-corrected chi connectivity index (χ2v) is 16.7. The Morgan fingerprint density at radius 2 is 2.00 bits per heavy atom. The van der Waals surface area contributed by atoms with E-state index in [0.717, 1.165) is 49.5 Å². The van der Waals surface area contributed by atoms with E-state index in [0.29, 0.717) is 30.5 Å². The van der Waals surface area contributed by atoms with Crippen molar-refractivity contribution in [3.63, 3.8) is 0 Å². The number of hydrogen-bond acceptors (Lipinski definition) is 3. The molecule has 1 radical (unpaired) electrons. The van der Waals surface area contributed by atoms with Crippen molar-refractivity contribution in [3.05, 3.63) is 62.8 Å². The van der Waals surface area contributed by atoms with Crippen LogP contribution >= 0.6 is 11.8 Å². The number of fused-ring (bicyclic) bond motifs is 4. The minimum absolute atomic E-state index is 0. The number of allylic oxidation sites excluding steroid dienone is 4. The summed E-state index contributed by atoms with van der Waals surface area (Å²) in [6.07, 6.45) is 15.5. The Balaban J connectivity index is 0.000000255. The van der Waals surface area contributed by atoms with Crippen LogP contribution in [0.3, 0.4) is 0 Å². The molecule has 2 fully saturated rings. The maximum absolute atomic E-state index is 8.95. The minimum atomic E-state index is -2.15. The Morgan fingerprint density at radius 3 is 2.71 bits per heavy atom. The van der Waals surface area contributed by atoms with Crippen molar-refractivity contribution in [3.8, 4) is 0 Å². The molecule has 5 heterocycles. The predicted octanol–water partition coefficient (Wildman–Crippen LogP) is 10.6. The van der Waals surface area contributed by atoms with Crippen molar-refractivity contribution < 1.29 is 31.7 Å². The number of nitrogens with zero attached hydrogens (tertiary/aromatic N) is 3. The van der Waals surface area contributed by atoms with Crippen LogP contribution in [0.25, 0.3) is 10.6 Å². The van der Waals surface area contributed by atoms with Crippen LogP contribution in [0.15, 0.2) is 44.7 Å². The first-order chi connectivity index (χ1) is 23.0. The fourth-order valence-corrected chi connectivity index (χ4v) is 9.68. The molecule has 0 bridgehead atoms. The summed E-state index contributed by atoms with van der Waals surface area (Å²) in [7, 11) is 0. The van der Waals surface area contributed by atoms with Gasteiger partial charge in [0.2, 0.25) is 0 Å². The number of aliphatic imine (C=N–C) groups is 1. The molecule has 3 unspecified atom stereocenters. The molecule has 0 amide bonds. The summed E-state index contributed by atoms with van der Waals surface area (Å²) < 4.78 is 47.6. The van der Waals surface area contributed by atoms with Crippen molar-refractivity contribution >= 4 is 17.5 Å². The monoisotopic (exact) mass is 813 g/mol. The first-order valence-corrected chi connectivity index (χ1v) is 18.2. The van der Waals surface area contributed by atoms with Crippen molar-refractivity contribution in [2.45, 2.75) is 124 Å². The maximum Gasteiger partial charge on any atom is 0.171 e. The molecule has 4 nitrogen and oxygen atoms in total. The molecule has 5 aliphatic heterocycles. The SMILES string of the molecule is C[C@H]1C[C-]=C(C2=C[C@H](C)[C@H](C)C[N-]2)CC1.[2H]C([2H])([2H])C1=N[C@H]2OC3=C([C@@H]4[N-]CC=C5S[C@H](C([2H])([2H])C(C)(C)C)[C@H](C)C54)[CH-]CCC3C2CC1.[Ir]. The van der Waals surface area contributed by atoms with Crippen molar-refractivity contribution in [2.24, 2.45) is 51.8 Å². The van der Waals surface area contributed by atoms with Gasteiger partial charge in [0.1, 0.15) is 0 Å². The van der Waals surface area contributed by atoms with Gasteiger partial charge in [-0.15, -0.1) is 43.7 Å². The molecule has 0 spiro atoms. The Bertz CT molecular complexity index is 1410. The van der Waals surface area contributed by atoms with Gasteiger partial charge in [0, 0.05) is 43.8 Å². The van der Waals surface area contributed by atoms with Gasteiger partial charge in [0.05, 0.1) is 0 Å². The average molecular weight is 813 g/mol. The number of ether oxygens (including phenoxy) is 1. The van der Waals surface area contributed by atoms with E-state index in [1.807, 2.05) is 20.8 Å². The molecule has 2 aliphatic carbocycles. The molecule has 7 aliphatic rings. The zero-order valence-corrected chi connectivity index (χ0v) is 31.6. The fourth-order valence-electron chi connectivity index (χ4n) is 7.92. The van der Waals surface area contributed by atoms with E-state index in [1.54, 1.807) is 11.8 Å². The van der Waals surface area contributed by atoms with E-state index in [9.17, 15) is 0 Å². The van der Waals surface area contributed by atoms with E-state index in [1.165, 1.54) is 29.0 Å². The topological polar surface area (TPSA) is 49.8 Å². The molecular weight excluding hydrogens is 751 g/mol. The summed E-state index contributed by atoms with van der Waals surface area (Å²) in [5.41, 5.74) is 3.61. The second kappa shape index (κ2) is 14.7. The van der Waals surface area contributed by atoms with Gasteiger partial charge in [-0.3, -0.25) is 11.1 Å². The summed E-state index contributed by atoms with van der Waals surface area (Å²) in [6, 6.07) is -0.0349. The molecule has 6 heteroatoms. The average Bonchev–Trinajstić information content (AvgIpc) is 3.60. The zero-order valence-electron chi connectivity index (χ0n) is 33.4. The molecule has 0 aromatic rings. The molecule has 0 saturated carbocycles. The summed E-state index contributed by atoms with van der Waals surface area (Å²) >= 11 is 1.72. The van der Waals surface area contributed by atoms with Crippen molar-refractivity contribution in [1.29, 1.82) is 0 Å². The molecule has 10 atom stereocenters. The normalized spacial score (nSPS) is 41.3. The van der Waals surface area contributed by atoms with Gasteiger partial charge in [-0.25, -0.2) is 12.0 Å². The Morgan fingerprint density at radius 1 is 1.18 bits per heavy atom. The van der Waals surface area contributed by atoms with Crippen LogP contribution in [-0.2, 0) is 24.8 Å². The fraction of sp³-hybridized carbons (Fsp3) is 0.744. The summed E-state index contributed by atoms with van der Waals surface area (Å²) in [5, 5.41) is 9.60. The largest absolute Gasteiger partial charge is 0.769 e. The number of hydrogen-bond donors (Lipinski definition) is 0. The third-order valence-electron chi connectivity index (χ3n) is 10.8. The summed E-state index contributed by atoms with van der Waals surface area (Å²) in [4.78, 5) is 5.83. The van der Waals surface area contributed by atoms with Crippen LogP contribution in [0.5, 0.6) is 0 Å². The van der Waals surface area contributed by atoms with Gasteiger partial charge in [0.25, 0.3) is 0 Å². The van der Waals surface area contributed by atoms with Gasteiger partial charge in [-0.1, -0.05) is 85.6 Å². The molecule has 0 aromatic heterocycles. The molecule has 0 aromatic carbocycles.